The second kappa shape index (κ2) is 6.63. The van der Waals surface area contributed by atoms with E-state index in [1.807, 2.05) is 31.8 Å². The number of nitrogens with zero attached hydrogens (tertiary/aromatic N) is 4. The lowest BCUT2D eigenvalue weighted by atomic mass is 9.90. The van der Waals surface area contributed by atoms with Crippen LogP contribution in [0.15, 0.2) is 36.9 Å². The van der Waals surface area contributed by atoms with Crippen LogP contribution in [-0.4, -0.2) is 40.0 Å². The standard InChI is InChI=1S/C16H21N5/c1-17-16-19-10-13(11-20-16)12-21-8-4-15(5-9-21)14-2-6-18-7-3-14/h2-3,6-7,10-11,15H,4-5,8-9,12H2,1H3,(H,17,19,20). The third kappa shape index (κ3) is 3.55. The summed E-state index contributed by atoms with van der Waals surface area (Å²) < 4.78 is 0. The van der Waals surface area contributed by atoms with Gasteiger partial charge in [-0.1, -0.05) is 0 Å². The quantitative estimate of drug-likeness (QED) is 0.933. The molecule has 0 aliphatic carbocycles. The number of nitrogens with one attached hydrogen (secondary N) is 1. The highest BCUT2D eigenvalue weighted by atomic mass is 15.1. The zero-order valence-electron chi connectivity index (χ0n) is 12.4. The molecule has 1 aliphatic heterocycles. The summed E-state index contributed by atoms with van der Waals surface area (Å²) in [5.74, 6) is 1.35. The molecule has 2 aromatic heterocycles. The van der Waals surface area contributed by atoms with Gasteiger partial charge in [-0.15, -0.1) is 0 Å². The van der Waals surface area contributed by atoms with Gasteiger partial charge in [-0.2, -0.15) is 0 Å². The second-order valence-electron chi connectivity index (χ2n) is 5.50. The molecule has 0 aromatic carbocycles. The molecule has 110 valence electrons. The predicted molar refractivity (Wildman–Crippen MR) is 83.1 cm³/mol. The highest BCUT2D eigenvalue weighted by Crippen LogP contribution is 2.27. The zero-order valence-corrected chi connectivity index (χ0v) is 12.4. The molecule has 0 radical (unpaired) electrons. The Morgan fingerprint density at radius 1 is 1.14 bits per heavy atom. The van der Waals surface area contributed by atoms with E-state index in [2.05, 4.69) is 37.3 Å². The minimum absolute atomic E-state index is 0.673. The molecule has 0 unspecified atom stereocenters. The minimum Gasteiger partial charge on any atom is -0.357 e. The van der Waals surface area contributed by atoms with E-state index in [0.29, 0.717) is 11.9 Å². The largest absolute Gasteiger partial charge is 0.357 e. The summed E-state index contributed by atoms with van der Waals surface area (Å²) in [4.78, 5) is 15.1. The smallest absolute Gasteiger partial charge is 0.222 e. The van der Waals surface area contributed by atoms with E-state index in [4.69, 9.17) is 0 Å². The van der Waals surface area contributed by atoms with Crippen molar-refractivity contribution in [3.63, 3.8) is 0 Å². The Balaban J connectivity index is 1.53. The van der Waals surface area contributed by atoms with Crippen molar-refractivity contribution in [1.29, 1.82) is 0 Å². The SMILES string of the molecule is CNc1ncc(CN2CCC(c3ccncc3)CC2)cn1. The van der Waals surface area contributed by atoms with Gasteiger partial charge in [0, 0.05) is 43.9 Å². The number of piperidine rings is 1. The Labute approximate surface area is 125 Å². The van der Waals surface area contributed by atoms with Crippen molar-refractivity contribution in [2.24, 2.45) is 0 Å². The fourth-order valence-corrected chi connectivity index (χ4v) is 2.88. The number of rotatable bonds is 4. The van der Waals surface area contributed by atoms with Crippen molar-refractivity contribution in [1.82, 2.24) is 19.9 Å². The molecule has 21 heavy (non-hydrogen) atoms. The number of aromatic nitrogens is 3. The molecule has 5 heteroatoms. The topological polar surface area (TPSA) is 53.9 Å². The Kier molecular flexibility index (Phi) is 4.40. The van der Waals surface area contributed by atoms with Gasteiger partial charge in [0.25, 0.3) is 0 Å². The molecule has 0 amide bonds. The van der Waals surface area contributed by atoms with Gasteiger partial charge >= 0.3 is 0 Å². The van der Waals surface area contributed by atoms with Crippen LogP contribution in [0, 0.1) is 0 Å². The van der Waals surface area contributed by atoms with Crippen molar-refractivity contribution in [2.45, 2.75) is 25.3 Å². The third-order valence-electron chi connectivity index (χ3n) is 4.10. The van der Waals surface area contributed by atoms with E-state index in [1.165, 1.54) is 24.0 Å². The van der Waals surface area contributed by atoms with Crippen LogP contribution in [0.4, 0.5) is 5.95 Å². The minimum atomic E-state index is 0.673. The van der Waals surface area contributed by atoms with Crippen molar-refractivity contribution in [3.8, 4) is 0 Å². The van der Waals surface area contributed by atoms with E-state index < -0.39 is 0 Å². The Bertz CT molecular complexity index is 547. The van der Waals surface area contributed by atoms with Gasteiger partial charge < -0.3 is 5.32 Å². The lowest BCUT2D eigenvalue weighted by Gasteiger charge is -2.32. The van der Waals surface area contributed by atoms with Crippen molar-refractivity contribution in [3.05, 3.63) is 48.0 Å². The molecule has 0 bridgehead atoms. The molecule has 1 saturated heterocycles. The maximum atomic E-state index is 4.27. The first-order valence-corrected chi connectivity index (χ1v) is 7.46. The van der Waals surface area contributed by atoms with Crippen molar-refractivity contribution < 1.29 is 0 Å². The van der Waals surface area contributed by atoms with Crippen LogP contribution in [0.1, 0.15) is 29.9 Å². The van der Waals surface area contributed by atoms with Crippen LogP contribution in [0.25, 0.3) is 0 Å². The number of anilines is 1. The van der Waals surface area contributed by atoms with E-state index in [-0.39, 0.29) is 0 Å². The molecule has 1 N–H and O–H groups in total. The van der Waals surface area contributed by atoms with Gasteiger partial charge in [0.2, 0.25) is 5.95 Å². The molecule has 3 heterocycles. The maximum Gasteiger partial charge on any atom is 0.222 e. The Morgan fingerprint density at radius 2 is 1.81 bits per heavy atom. The van der Waals surface area contributed by atoms with E-state index in [1.54, 1.807) is 0 Å². The normalized spacial score (nSPS) is 16.8. The predicted octanol–water partition coefficient (Wildman–Crippen LogP) is 2.29. The number of pyridine rings is 1. The first kappa shape index (κ1) is 13.9. The van der Waals surface area contributed by atoms with Crippen LogP contribution in [-0.2, 0) is 6.54 Å². The fourth-order valence-electron chi connectivity index (χ4n) is 2.88. The molecule has 1 fully saturated rings. The molecule has 3 rings (SSSR count). The average Bonchev–Trinajstić information content (AvgIpc) is 2.57. The van der Waals surface area contributed by atoms with Gasteiger partial charge in [0.1, 0.15) is 0 Å². The molecule has 5 nitrogen and oxygen atoms in total. The number of hydrogen-bond acceptors (Lipinski definition) is 5. The van der Waals surface area contributed by atoms with Crippen LogP contribution < -0.4 is 5.32 Å². The lowest BCUT2D eigenvalue weighted by Crippen LogP contribution is -2.32. The summed E-state index contributed by atoms with van der Waals surface area (Å²) in [6.45, 7) is 3.19. The Morgan fingerprint density at radius 3 is 2.43 bits per heavy atom. The maximum absolute atomic E-state index is 4.27. The molecule has 2 aromatic rings. The average molecular weight is 283 g/mol. The van der Waals surface area contributed by atoms with Gasteiger partial charge in [-0.3, -0.25) is 9.88 Å². The fraction of sp³-hybridized carbons (Fsp3) is 0.438. The summed E-state index contributed by atoms with van der Waals surface area (Å²) in [6, 6.07) is 4.29. The van der Waals surface area contributed by atoms with Crippen LogP contribution in [0.5, 0.6) is 0 Å². The first-order chi connectivity index (χ1) is 10.3. The van der Waals surface area contributed by atoms with Gasteiger partial charge in [0.05, 0.1) is 0 Å². The van der Waals surface area contributed by atoms with E-state index in [0.717, 1.165) is 19.6 Å². The van der Waals surface area contributed by atoms with Crippen molar-refractivity contribution >= 4 is 5.95 Å². The molecule has 0 atom stereocenters. The third-order valence-corrected chi connectivity index (χ3v) is 4.10. The molecular weight excluding hydrogens is 262 g/mol. The van der Waals surface area contributed by atoms with Crippen LogP contribution in [0.3, 0.4) is 0 Å². The molecule has 0 spiro atoms. The molecule has 1 aliphatic rings. The second-order valence-corrected chi connectivity index (χ2v) is 5.50. The highest BCUT2D eigenvalue weighted by molar-refractivity contribution is 5.23. The van der Waals surface area contributed by atoms with Gasteiger partial charge in [-0.25, -0.2) is 9.97 Å². The monoisotopic (exact) mass is 283 g/mol. The summed E-state index contributed by atoms with van der Waals surface area (Å²) >= 11 is 0. The summed E-state index contributed by atoms with van der Waals surface area (Å²) in [7, 11) is 1.83. The Hall–Kier alpha value is -2.01. The first-order valence-electron chi connectivity index (χ1n) is 7.46. The van der Waals surface area contributed by atoms with E-state index >= 15 is 0 Å². The van der Waals surface area contributed by atoms with Crippen molar-refractivity contribution in [2.75, 3.05) is 25.5 Å². The summed E-state index contributed by atoms with van der Waals surface area (Å²) in [5, 5.41) is 2.94. The van der Waals surface area contributed by atoms with Gasteiger partial charge in [-0.05, 0) is 49.5 Å². The molecular formula is C16H21N5. The number of hydrogen-bond donors (Lipinski definition) is 1. The van der Waals surface area contributed by atoms with Crippen LogP contribution >= 0.6 is 0 Å². The summed E-state index contributed by atoms with van der Waals surface area (Å²) in [6.07, 6.45) is 10.0. The summed E-state index contributed by atoms with van der Waals surface area (Å²) in [5.41, 5.74) is 2.60. The van der Waals surface area contributed by atoms with Crippen LogP contribution in [0.2, 0.25) is 0 Å². The number of likely N-dealkylation sites (tertiary alicyclic amines) is 1. The highest BCUT2D eigenvalue weighted by Gasteiger charge is 2.20. The zero-order chi connectivity index (χ0) is 14.5. The lowest BCUT2D eigenvalue weighted by molar-refractivity contribution is 0.204. The molecule has 0 saturated carbocycles. The van der Waals surface area contributed by atoms with E-state index in [9.17, 15) is 0 Å². The van der Waals surface area contributed by atoms with Gasteiger partial charge in [0.15, 0.2) is 0 Å².